The van der Waals surface area contributed by atoms with E-state index in [0.29, 0.717) is 5.84 Å². The molecule has 1 fully saturated rings. The third kappa shape index (κ3) is 4.24. The van der Waals surface area contributed by atoms with Crippen molar-refractivity contribution in [3.8, 4) is 0 Å². The van der Waals surface area contributed by atoms with Crippen molar-refractivity contribution in [2.75, 3.05) is 5.75 Å². The molecule has 0 aromatic rings. The van der Waals surface area contributed by atoms with Gasteiger partial charge in [-0.15, -0.1) is 0 Å². The lowest BCUT2D eigenvalue weighted by molar-refractivity contribution is 0.305. The lowest BCUT2D eigenvalue weighted by Gasteiger charge is -2.22. The van der Waals surface area contributed by atoms with Crippen molar-refractivity contribution in [3.05, 3.63) is 0 Å². The first-order chi connectivity index (χ1) is 7.56. The second-order valence-electron chi connectivity index (χ2n) is 5.25. The van der Waals surface area contributed by atoms with Gasteiger partial charge in [-0.1, -0.05) is 31.8 Å². The molecule has 1 aliphatic rings. The van der Waals surface area contributed by atoms with Crippen molar-refractivity contribution < 1.29 is 5.21 Å². The standard InChI is InChI=1S/C12H24N2OS/c1-12(2,11(13)14-15)8-5-9-16-10-6-3-4-7-10/h10,15H,3-9H2,1-2H3,(H2,13,14). The van der Waals surface area contributed by atoms with E-state index in [4.69, 9.17) is 10.9 Å². The van der Waals surface area contributed by atoms with Crippen LogP contribution in [0.15, 0.2) is 5.16 Å². The van der Waals surface area contributed by atoms with Gasteiger partial charge in [0.25, 0.3) is 0 Å². The van der Waals surface area contributed by atoms with Crippen LogP contribution in [0.2, 0.25) is 0 Å². The first kappa shape index (κ1) is 13.7. The fraction of sp³-hybridized carbons (Fsp3) is 0.917. The Morgan fingerprint density at radius 1 is 1.44 bits per heavy atom. The van der Waals surface area contributed by atoms with Gasteiger partial charge in [0, 0.05) is 10.7 Å². The van der Waals surface area contributed by atoms with Gasteiger partial charge >= 0.3 is 0 Å². The molecule has 0 aromatic heterocycles. The van der Waals surface area contributed by atoms with E-state index >= 15 is 0 Å². The number of nitrogens with zero attached hydrogens (tertiary/aromatic N) is 1. The topological polar surface area (TPSA) is 58.6 Å². The Balaban J connectivity index is 2.14. The lowest BCUT2D eigenvalue weighted by atomic mass is 9.87. The number of hydrogen-bond acceptors (Lipinski definition) is 3. The highest BCUT2D eigenvalue weighted by Crippen LogP contribution is 2.31. The maximum absolute atomic E-state index is 8.66. The molecule has 0 unspecified atom stereocenters. The SMILES string of the molecule is CC(C)(CCCSC1CCCC1)C(N)=NO. The molecule has 0 atom stereocenters. The highest BCUT2D eigenvalue weighted by Gasteiger charge is 2.23. The minimum atomic E-state index is -0.176. The molecule has 0 radical (unpaired) electrons. The largest absolute Gasteiger partial charge is 0.409 e. The predicted octanol–water partition coefficient (Wildman–Crippen LogP) is 3.22. The molecule has 0 bridgehead atoms. The Labute approximate surface area is 103 Å². The number of oxime groups is 1. The maximum atomic E-state index is 8.66. The molecule has 1 saturated carbocycles. The summed E-state index contributed by atoms with van der Waals surface area (Å²) in [6.45, 7) is 4.06. The normalized spacial score (nSPS) is 19.2. The Bertz CT molecular complexity index is 235. The van der Waals surface area contributed by atoms with E-state index in [-0.39, 0.29) is 5.41 Å². The molecule has 1 rings (SSSR count). The van der Waals surface area contributed by atoms with Crippen LogP contribution in [0, 0.1) is 5.41 Å². The Hall–Kier alpha value is -0.380. The zero-order chi connectivity index (χ0) is 12.0. The molecule has 3 N–H and O–H groups in total. The van der Waals surface area contributed by atoms with Gasteiger partial charge in [-0.25, -0.2) is 0 Å². The summed E-state index contributed by atoms with van der Waals surface area (Å²) in [4.78, 5) is 0. The minimum Gasteiger partial charge on any atom is -0.409 e. The molecule has 0 aliphatic heterocycles. The monoisotopic (exact) mass is 244 g/mol. The van der Waals surface area contributed by atoms with Crippen LogP contribution in [0.4, 0.5) is 0 Å². The van der Waals surface area contributed by atoms with E-state index in [1.165, 1.54) is 31.4 Å². The smallest absolute Gasteiger partial charge is 0.144 e. The summed E-state index contributed by atoms with van der Waals surface area (Å²) in [5.41, 5.74) is 5.47. The summed E-state index contributed by atoms with van der Waals surface area (Å²) in [6.07, 6.45) is 7.75. The average Bonchev–Trinajstić information content (AvgIpc) is 2.76. The Morgan fingerprint density at radius 2 is 2.06 bits per heavy atom. The van der Waals surface area contributed by atoms with Crippen molar-refractivity contribution in [3.63, 3.8) is 0 Å². The van der Waals surface area contributed by atoms with Gasteiger partial charge < -0.3 is 10.9 Å². The Kier molecular flexibility index (Phi) is 5.46. The van der Waals surface area contributed by atoms with Crippen LogP contribution in [0.25, 0.3) is 0 Å². The summed E-state index contributed by atoms with van der Waals surface area (Å²) in [5, 5.41) is 12.7. The summed E-state index contributed by atoms with van der Waals surface area (Å²) in [7, 11) is 0. The Morgan fingerprint density at radius 3 is 2.62 bits per heavy atom. The first-order valence-electron chi connectivity index (χ1n) is 6.16. The highest BCUT2D eigenvalue weighted by molar-refractivity contribution is 7.99. The molecular weight excluding hydrogens is 220 g/mol. The highest BCUT2D eigenvalue weighted by atomic mass is 32.2. The van der Waals surface area contributed by atoms with Gasteiger partial charge in [0.1, 0.15) is 5.84 Å². The van der Waals surface area contributed by atoms with E-state index in [1.54, 1.807) is 0 Å². The van der Waals surface area contributed by atoms with Crippen molar-refractivity contribution in [1.29, 1.82) is 0 Å². The maximum Gasteiger partial charge on any atom is 0.144 e. The quantitative estimate of drug-likeness (QED) is 0.248. The number of thioether (sulfide) groups is 1. The van der Waals surface area contributed by atoms with Crippen molar-refractivity contribution in [2.45, 2.75) is 57.6 Å². The van der Waals surface area contributed by atoms with Crippen LogP contribution in [0.5, 0.6) is 0 Å². The van der Waals surface area contributed by atoms with Crippen molar-refractivity contribution in [2.24, 2.45) is 16.3 Å². The number of nitrogens with two attached hydrogens (primary N) is 1. The molecule has 4 heteroatoms. The van der Waals surface area contributed by atoms with Crippen molar-refractivity contribution >= 4 is 17.6 Å². The minimum absolute atomic E-state index is 0.176. The zero-order valence-electron chi connectivity index (χ0n) is 10.4. The van der Waals surface area contributed by atoms with E-state index in [9.17, 15) is 0 Å². The molecule has 0 spiro atoms. The summed E-state index contributed by atoms with van der Waals surface area (Å²) in [5.74, 6) is 1.55. The first-order valence-corrected chi connectivity index (χ1v) is 7.21. The van der Waals surface area contributed by atoms with Gasteiger partial charge in [0.2, 0.25) is 0 Å². The second kappa shape index (κ2) is 6.38. The van der Waals surface area contributed by atoms with Crippen LogP contribution >= 0.6 is 11.8 Å². The van der Waals surface area contributed by atoms with Crippen LogP contribution in [-0.2, 0) is 0 Å². The van der Waals surface area contributed by atoms with E-state index in [2.05, 4.69) is 16.9 Å². The molecule has 94 valence electrons. The van der Waals surface area contributed by atoms with Gasteiger partial charge in [-0.3, -0.25) is 0 Å². The molecule has 1 aliphatic carbocycles. The third-order valence-corrected chi connectivity index (χ3v) is 4.87. The van der Waals surface area contributed by atoms with Gasteiger partial charge in [0.05, 0.1) is 0 Å². The number of amidine groups is 1. The van der Waals surface area contributed by atoms with E-state index < -0.39 is 0 Å². The van der Waals surface area contributed by atoms with Gasteiger partial charge in [0.15, 0.2) is 0 Å². The van der Waals surface area contributed by atoms with Gasteiger partial charge in [-0.05, 0) is 31.4 Å². The average molecular weight is 244 g/mol. The third-order valence-electron chi connectivity index (χ3n) is 3.40. The number of hydrogen-bond donors (Lipinski definition) is 2. The second-order valence-corrected chi connectivity index (χ2v) is 6.66. The molecular formula is C12H24N2OS. The molecule has 0 heterocycles. The van der Waals surface area contributed by atoms with Crippen LogP contribution in [0.1, 0.15) is 52.4 Å². The summed E-state index contributed by atoms with van der Waals surface area (Å²) < 4.78 is 0. The summed E-state index contributed by atoms with van der Waals surface area (Å²) >= 11 is 2.10. The van der Waals surface area contributed by atoms with Crippen LogP contribution < -0.4 is 5.73 Å². The molecule has 16 heavy (non-hydrogen) atoms. The van der Waals surface area contributed by atoms with Gasteiger partial charge in [-0.2, -0.15) is 11.8 Å². The molecule has 3 nitrogen and oxygen atoms in total. The fourth-order valence-electron chi connectivity index (χ4n) is 2.08. The van der Waals surface area contributed by atoms with E-state index in [1.807, 2.05) is 13.8 Å². The molecule has 0 saturated heterocycles. The predicted molar refractivity (Wildman–Crippen MR) is 71.1 cm³/mol. The van der Waals surface area contributed by atoms with Crippen molar-refractivity contribution in [1.82, 2.24) is 0 Å². The fourth-order valence-corrected chi connectivity index (χ4v) is 3.39. The number of rotatable bonds is 6. The zero-order valence-corrected chi connectivity index (χ0v) is 11.2. The lowest BCUT2D eigenvalue weighted by Crippen LogP contribution is -2.32. The van der Waals surface area contributed by atoms with Crippen LogP contribution in [-0.4, -0.2) is 22.0 Å². The van der Waals surface area contributed by atoms with Crippen LogP contribution in [0.3, 0.4) is 0 Å². The molecule has 0 amide bonds. The van der Waals surface area contributed by atoms with E-state index in [0.717, 1.165) is 18.1 Å². The summed E-state index contributed by atoms with van der Waals surface area (Å²) in [6, 6.07) is 0. The molecule has 0 aromatic carbocycles.